The fraction of sp³-hybridized carbons (Fsp3) is 0.333. The Morgan fingerprint density at radius 2 is 1.89 bits per heavy atom. The van der Waals surface area contributed by atoms with Crippen molar-refractivity contribution >= 4 is 15.7 Å². The molecule has 4 N–H and O–H groups in total. The van der Waals surface area contributed by atoms with Crippen molar-refractivity contribution < 1.29 is 27.1 Å². The second-order valence-corrected chi connectivity index (χ2v) is 8.61. The SMILES string of the molecule is CS(=O)(=O)Cc1ccc(C(=O)N[C@@H](Cc2cc(F)cc(F)c2)[C@H](O)CN)cn1. The van der Waals surface area contributed by atoms with Gasteiger partial charge in [0.15, 0.2) is 9.84 Å². The quantitative estimate of drug-likeness (QED) is 0.581. The third-order valence-corrected chi connectivity index (χ3v) is 4.72. The molecule has 1 aromatic heterocycles. The fourth-order valence-electron chi connectivity index (χ4n) is 2.59. The normalized spacial score (nSPS) is 13.8. The molecule has 0 aliphatic rings. The highest BCUT2D eigenvalue weighted by atomic mass is 32.2. The number of nitrogens with one attached hydrogen (secondary N) is 1. The number of carbonyl (C=O) groups is 1. The number of aliphatic hydroxyl groups excluding tert-OH is 1. The van der Waals surface area contributed by atoms with Gasteiger partial charge < -0.3 is 16.2 Å². The maximum atomic E-state index is 13.4. The minimum atomic E-state index is -3.26. The zero-order valence-corrected chi connectivity index (χ0v) is 15.9. The van der Waals surface area contributed by atoms with Gasteiger partial charge in [-0.25, -0.2) is 17.2 Å². The molecule has 0 radical (unpaired) electrons. The number of hydrogen-bond acceptors (Lipinski definition) is 6. The summed E-state index contributed by atoms with van der Waals surface area (Å²) in [6, 6.07) is 4.85. The Bertz CT molecular complexity index is 916. The van der Waals surface area contributed by atoms with E-state index in [-0.39, 0.29) is 35.5 Å². The summed E-state index contributed by atoms with van der Waals surface area (Å²) in [7, 11) is -3.26. The summed E-state index contributed by atoms with van der Waals surface area (Å²) in [5.74, 6) is -2.39. The van der Waals surface area contributed by atoms with E-state index in [1.807, 2.05) is 0 Å². The number of nitrogens with zero attached hydrogens (tertiary/aromatic N) is 1. The highest BCUT2D eigenvalue weighted by Gasteiger charge is 2.22. The highest BCUT2D eigenvalue weighted by molar-refractivity contribution is 7.89. The lowest BCUT2D eigenvalue weighted by atomic mass is 10.0. The summed E-state index contributed by atoms with van der Waals surface area (Å²) >= 11 is 0. The molecule has 2 atom stereocenters. The van der Waals surface area contributed by atoms with E-state index in [0.29, 0.717) is 0 Å². The lowest BCUT2D eigenvalue weighted by Gasteiger charge is -2.23. The molecule has 0 unspecified atom stereocenters. The van der Waals surface area contributed by atoms with Crippen LogP contribution >= 0.6 is 0 Å². The molecular formula is C18H21F2N3O4S. The minimum absolute atomic E-state index is 0.0433. The van der Waals surface area contributed by atoms with E-state index in [9.17, 15) is 27.1 Å². The first kappa shape index (κ1) is 21.9. The van der Waals surface area contributed by atoms with Gasteiger partial charge in [0.25, 0.3) is 5.91 Å². The number of aromatic nitrogens is 1. The summed E-state index contributed by atoms with van der Waals surface area (Å²) in [6.07, 6.45) is 1.10. The zero-order valence-electron chi connectivity index (χ0n) is 15.1. The van der Waals surface area contributed by atoms with Crippen LogP contribution in [0.2, 0.25) is 0 Å². The molecule has 0 fully saturated rings. The van der Waals surface area contributed by atoms with Gasteiger partial charge in [-0.1, -0.05) is 0 Å². The van der Waals surface area contributed by atoms with Gasteiger partial charge in [-0.3, -0.25) is 9.78 Å². The van der Waals surface area contributed by atoms with Crippen molar-refractivity contribution in [1.82, 2.24) is 10.3 Å². The lowest BCUT2D eigenvalue weighted by Crippen LogP contribution is -2.47. The van der Waals surface area contributed by atoms with Gasteiger partial charge in [0.1, 0.15) is 11.6 Å². The monoisotopic (exact) mass is 413 g/mol. The van der Waals surface area contributed by atoms with Crippen LogP contribution in [-0.4, -0.2) is 49.4 Å². The lowest BCUT2D eigenvalue weighted by molar-refractivity contribution is 0.0845. The van der Waals surface area contributed by atoms with Gasteiger partial charge in [0.2, 0.25) is 0 Å². The van der Waals surface area contributed by atoms with Crippen molar-refractivity contribution in [2.75, 3.05) is 12.8 Å². The van der Waals surface area contributed by atoms with Gasteiger partial charge in [0, 0.05) is 25.1 Å². The van der Waals surface area contributed by atoms with Gasteiger partial charge >= 0.3 is 0 Å². The van der Waals surface area contributed by atoms with Crippen LogP contribution in [0.5, 0.6) is 0 Å². The second kappa shape index (κ2) is 9.18. The van der Waals surface area contributed by atoms with Crippen molar-refractivity contribution in [3.05, 3.63) is 65.0 Å². The maximum absolute atomic E-state index is 13.4. The molecular weight excluding hydrogens is 392 g/mol. The topological polar surface area (TPSA) is 122 Å². The number of benzene rings is 1. The van der Waals surface area contributed by atoms with Gasteiger partial charge in [-0.2, -0.15) is 0 Å². The third-order valence-electron chi connectivity index (χ3n) is 3.90. The van der Waals surface area contributed by atoms with E-state index >= 15 is 0 Å². The number of pyridine rings is 1. The number of halogens is 2. The Balaban J connectivity index is 2.14. The largest absolute Gasteiger partial charge is 0.390 e. The number of hydrogen-bond donors (Lipinski definition) is 3. The molecule has 152 valence electrons. The molecule has 0 bridgehead atoms. The number of carbonyl (C=O) groups excluding carboxylic acids is 1. The van der Waals surface area contributed by atoms with Crippen LogP contribution in [0.25, 0.3) is 0 Å². The Morgan fingerprint density at radius 3 is 2.39 bits per heavy atom. The predicted octanol–water partition coefficient (Wildman–Crippen LogP) is 0.565. The van der Waals surface area contributed by atoms with E-state index in [4.69, 9.17) is 5.73 Å². The van der Waals surface area contributed by atoms with Crippen LogP contribution < -0.4 is 11.1 Å². The summed E-state index contributed by atoms with van der Waals surface area (Å²) < 4.78 is 49.3. The molecule has 1 aromatic carbocycles. The number of sulfone groups is 1. The second-order valence-electron chi connectivity index (χ2n) is 6.47. The van der Waals surface area contributed by atoms with E-state index in [2.05, 4.69) is 10.3 Å². The standard InChI is InChI=1S/C18H21F2N3O4S/c1-28(26,27)10-15-3-2-12(9-22-15)18(25)23-16(17(24)8-21)6-11-4-13(19)7-14(20)5-11/h2-5,7,9,16-17,24H,6,8,10,21H2,1H3,(H,23,25)/t16-,17+/m0/s1. The Kier molecular flexibility index (Phi) is 7.17. The van der Waals surface area contributed by atoms with E-state index in [1.165, 1.54) is 18.3 Å². The molecule has 2 aromatic rings. The number of aliphatic hydroxyl groups is 1. The number of amides is 1. The maximum Gasteiger partial charge on any atom is 0.253 e. The third kappa shape index (κ3) is 6.63. The van der Waals surface area contributed by atoms with Crippen molar-refractivity contribution in [3.63, 3.8) is 0 Å². The van der Waals surface area contributed by atoms with Crippen LogP contribution in [0.4, 0.5) is 8.78 Å². The smallest absolute Gasteiger partial charge is 0.253 e. The van der Waals surface area contributed by atoms with Crippen molar-refractivity contribution in [1.29, 1.82) is 0 Å². The van der Waals surface area contributed by atoms with Crippen LogP contribution in [0.1, 0.15) is 21.6 Å². The first-order valence-corrected chi connectivity index (χ1v) is 10.4. The average molecular weight is 413 g/mol. The Morgan fingerprint density at radius 1 is 1.25 bits per heavy atom. The minimum Gasteiger partial charge on any atom is -0.390 e. The molecule has 10 heteroatoms. The molecule has 0 spiro atoms. The van der Waals surface area contributed by atoms with Gasteiger partial charge in [-0.15, -0.1) is 0 Å². The summed E-state index contributed by atoms with van der Waals surface area (Å²) in [5.41, 5.74) is 6.13. The zero-order chi connectivity index (χ0) is 20.9. The predicted molar refractivity (Wildman–Crippen MR) is 99.2 cm³/mol. The molecule has 0 saturated heterocycles. The number of rotatable bonds is 8. The van der Waals surface area contributed by atoms with Crippen molar-refractivity contribution in [2.45, 2.75) is 24.3 Å². The molecule has 0 saturated carbocycles. The molecule has 0 aliphatic carbocycles. The molecule has 1 heterocycles. The van der Waals surface area contributed by atoms with Crippen LogP contribution in [-0.2, 0) is 22.0 Å². The van der Waals surface area contributed by atoms with Crippen LogP contribution in [0.15, 0.2) is 36.5 Å². The van der Waals surface area contributed by atoms with Crippen molar-refractivity contribution in [2.24, 2.45) is 5.73 Å². The molecule has 2 rings (SSSR count). The first-order valence-electron chi connectivity index (χ1n) is 8.34. The average Bonchev–Trinajstić information content (AvgIpc) is 2.58. The van der Waals surface area contributed by atoms with Crippen LogP contribution in [0, 0.1) is 11.6 Å². The fourth-order valence-corrected chi connectivity index (χ4v) is 3.30. The van der Waals surface area contributed by atoms with Crippen LogP contribution in [0.3, 0.4) is 0 Å². The van der Waals surface area contributed by atoms with E-state index in [1.54, 1.807) is 0 Å². The molecule has 0 aliphatic heterocycles. The van der Waals surface area contributed by atoms with E-state index in [0.717, 1.165) is 24.5 Å². The number of nitrogens with two attached hydrogens (primary N) is 1. The summed E-state index contributed by atoms with van der Waals surface area (Å²) in [6.45, 7) is -0.172. The van der Waals surface area contributed by atoms with Crippen molar-refractivity contribution in [3.8, 4) is 0 Å². The van der Waals surface area contributed by atoms with Gasteiger partial charge in [-0.05, 0) is 36.2 Å². The first-order chi connectivity index (χ1) is 13.1. The van der Waals surface area contributed by atoms with Gasteiger partial charge in [0.05, 0.1) is 29.2 Å². The molecule has 1 amide bonds. The summed E-state index contributed by atoms with van der Waals surface area (Å²) in [5, 5.41) is 12.6. The molecule has 28 heavy (non-hydrogen) atoms. The summed E-state index contributed by atoms with van der Waals surface area (Å²) in [4.78, 5) is 16.4. The highest BCUT2D eigenvalue weighted by Crippen LogP contribution is 2.12. The Hall–Kier alpha value is -2.43. The van der Waals surface area contributed by atoms with E-state index < -0.39 is 39.5 Å². The molecule has 7 nitrogen and oxygen atoms in total. The Labute approximate surface area is 161 Å².